The number of hydrogen-bond donors (Lipinski definition) is 4. The number of aliphatic hydroxyl groups excluding tert-OH is 3. The summed E-state index contributed by atoms with van der Waals surface area (Å²) < 4.78 is 7.01. The molecule has 0 radical (unpaired) electrons. The molecule has 2 amide bonds. The van der Waals surface area contributed by atoms with Gasteiger partial charge in [-0.25, -0.2) is 19.7 Å². The van der Waals surface area contributed by atoms with Crippen LogP contribution in [0.15, 0.2) is 36.9 Å². The molecule has 2 aliphatic rings. The summed E-state index contributed by atoms with van der Waals surface area (Å²) in [5.74, 6) is -1.44. The van der Waals surface area contributed by atoms with Gasteiger partial charge in [0.25, 0.3) is 11.8 Å². The van der Waals surface area contributed by atoms with E-state index in [4.69, 9.17) is 9.57 Å². The molecule has 36 heavy (non-hydrogen) atoms. The first-order valence-corrected chi connectivity index (χ1v) is 11.1. The van der Waals surface area contributed by atoms with Crippen molar-refractivity contribution in [3.8, 4) is 0 Å². The van der Waals surface area contributed by atoms with Crippen LogP contribution >= 0.6 is 0 Å². The molecule has 0 unspecified atom stereocenters. The maximum Gasteiger partial charge on any atom is 0.337 e. The fourth-order valence-corrected chi connectivity index (χ4v) is 4.04. The van der Waals surface area contributed by atoms with Crippen LogP contribution in [0.2, 0.25) is 0 Å². The molecule has 0 aliphatic carbocycles. The van der Waals surface area contributed by atoms with E-state index in [1.54, 1.807) is 24.3 Å². The van der Waals surface area contributed by atoms with Gasteiger partial charge in [0.05, 0.1) is 19.4 Å². The van der Waals surface area contributed by atoms with E-state index in [-0.39, 0.29) is 19.3 Å². The molecule has 4 heterocycles. The normalized spacial score (nSPS) is 24.0. The molecule has 4 N–H and O–H groups in total. The Balaban J connectivity index is 1.27. The molecular formula is C22H22N6O8. The van der Waals surface area contributed by atoms with Crippen LogP contribution < -0.4 is 5.32 Å². The number of amides is 2. The van der Waals surface area contributed by atoms with Gasteiger partial charge in [-0.1, -0.05) is 12.1 Å². The number of aromatic nitrogens is 4. The van der Waals surface area contributed by atoms with Crippen LogP contribution in [-0.4, -0.2) is 82.6 Å². The minimum Gasteiger partial charge on any atom is -0.394 e. The number of nitrogens with zero attached hydrogens (tertiary/aromatic N) is 5. The van der Waals surface area contributed by atoms with Crippen molar-refractivity contribution in [2.45, 2.75) is 43.8 Å². The summed E-state index contributed by atoms with van der Waals surface area (Å²) in [6, 6.07) is 6.75. The lowest BCUT2D eigenvalue weighted by Gasteiger charge is -2.16. The quantitative estimate of drug-likeness (QED) is 0.301. The van der Waals surface area contributed by atoms with E-state index in [9.17, 15) is 29.7 Å². The molecule has 2 aliphatic heterocycles. The number of hydroxylamine groups is 2. The summed E-state index contributed by atoms with van der Waals surface area (Å²) >= 11 is 0. The number of carbonyl (C=O) groups excluding carboxylic acids is 3. The third kappa shape index (κ3) is 4.37. The number of ether oxygens (including phenoxy) is 1. The Kier molecular flexibility index (Phi) is 6.32. The topological polar surface area (TPSA) is 189 Å². The lowest BCUT2D eigenvalue weighted by atomic mass is 10.1. The van der Waals surface area contributed by atoms with E-state index in [0.29, 0.717) is 33.3 Å². The van der Waals surface area contributed by atoms with Gasteiger partial charge in [0, 0.05) is 18.5 Å². The molecule has 4 atom stereocenters. The van der Waals surface area contributed by atoms with E-state index >= 15 is 0 Å². The Morgan fingerprint density at radius 3 is 2.47 bits per heavy atom. The van der Waals surface area contributed by atoms with Gasteiger partial charge in [-0.3, -0.25) is 14.2 Å². The smallest absolute Gasteiger partial charge is 0.337 e. The summed E-state index contributed by atoms with van der Waals surface area (Å²) in [5, 5.41) is 33.3. The summed E-state index contributed by atoms with van der Waals surface area (Å²) in [5.41, 5.74) is 1.95. The SMILES string of the molecule is O=C(Cc1ccc(Nc2ncnc3c2ncn3[C@@H]2O[C@H](CO)[C@@H](O)[C@H]2O)cc1)ON1C(=O)CCC1=O. The highest BCUT2D eigenvalue weighted by Crippen LogP contribution is 2.32. The van der Waals surface area contributed by atoms with Crippen LogP contribution in [-0.2, 0) is 30.4 Å². The highest BCUT2D eigenvalue weighted by atomic mass is 16.7. The second kappa shape index (κ2) is 9.58. The standard InChI is InChI=1S/C22H22N6O8/c29-8-13-18(33)19(34)22(35-13)27-10-25-17-20(23-9-24-21(17)27)26-12-3-1-11(2-4-12)7-16(32)36-28-14(30)5-6-15(28)31/h1-4,9-10,13,18-19,22,29,33-34H,5-8H2,(H,23,24,26)/t13-,18-,19-,22-/m1/s1. The molecule has 14 heteroatoms. The lowest BCUT2D eigenvalue weighted by Crippen LogP contribution is -2.33. The highest BCUT2D eigenvalue weighted by Gasteiger charge is 2.44. The zero-order valence-corrected chi connectivity index (χ0v) is 18.7. The predicted octanol–water partition coefficient (Wildman–Crippen LogP) is -0.669. The maximum absolute atomic E-state index is 12.1. The van der Waals surface area contributed by atoms with Crippen molar-refractivity contribution in [2.24, 2.45) is 0 Å². The third-order valence-electron chi connectivity index (χ3n) is 5.91. The molecule has 2 saturated heterocycles. The van der Waals surface area contributed by atoms with Gasteiger partial charge in [-0.05, 0) is 17.7 Å². The molecule has 0 saturated carbocycles. The van der Waals surface area contributed by atoms with Gasteiger partial charge in [-0.15, -0.1) is 5.06 Å². The number of carbonyl (C=O) groups is 3. The van der Waals surface area contributed by atoms with E-state index in [1.807, 2.05) is 0 Å². The summed E-state index contributed by atoms with van der Waals surface area (Å²) in [6.45, 7) is -0.453. The molecule has 3 aromatic rings. The van der Waals surface area contributed by atoms with E-state index in [0.717, 1.165) is 0 Å². The Labute approximate surface area is 203 Å². The fourth-order valence-electron chi connectivity index (χ4n) is 4.04. The number of rotatable bonds is 7. The van der Waals surface area contributed by atoms with Gasteiger partial charge in [0.15, 0.2) is 23.2 Å². The first-order valence-electron chi connectivity index (χ1n) is 11.1. The van der Waals surface area contributed by atoms with Gasteiger partial charge in [-0.2, -0.15) is 0 Å². The van der Waals surface area contributed by atoms with Crippen molar-refractivity contribution >= 4 is 40.5 Å². The Bertz CT molecular complexity index is 1300. The van der Waals surface area contributed by atoms with Crippen molar-refractivity contribution in [2.75, 3.05) is 11.9 Å². The molecule has 14 nitrogen and oxygen atoms in total. The molecule has 1 aromatic carbocycles. The molecule has 0 bridgehead atoms. The van der Waals surface area contributed by atoms with Crippen LogP contribution in [0.4, 0.5) is 11.5 Å². The van der Waals surface area contributed by atoms with Crippen LogP contribution in [0.3, 0.4) is 0 Å². The minimum atomic E-state index is -1.29. The van der Waals surface area contributed by atoms with Gasteiger partial charge in [0.2, 0.25) is 0 Å². The number of aliphatic hydroxyl groups is 3. The first-order chi connectivity index (χ1) is 17.4. The van der Waals surface area contributed by atoms with Gasteiger partial charge < -0.3 is 30.2 Å². The van der Waals surface area contributed by atoms with Crippen molar-refractivity contribution in [3.63, 3.8) is 0 Å². The summed E-state index contributed by atoms with van der Waals surface area (Å²) in [6.07, 6.45) is -1.85. The predicted molar refractivity (Wildman–Crippen MR) is 119 cm³/mol. The molecule has 188 valence electrons. The third-order valence-corrected chi connectivity index (χ3v) is 5.91. The number of fused-ring (bicyclic) bond motifs is 1. The lowest BCUT2D eigenvalue weighted by molar-refractivity contribution is -0.197. The number of nitrogens with one attached hydrogen (secondary N) is 1. The van der Waals surface area contributed by atoms with Crippen molar-refractivity contribution in [3.05, 3.63) is 42.5 Å². The zero-order valence-electron chi connectivity index (χ0n) is 18.7. The second-order valence-corrected chi connectivity index (χ2v) is 8.32. The molecule has 0 spiro atoms. The average Bonchev–Trinajstić information content (AvgIpc) is 3.52. The monoisotopic (exact) mass is 498 g/mol. The molecule has 5 rings (SSSR count). The first kappa shape index (κ1) is 23.7. The van der Waals surface area contributed by atoms with Gasteiger partial charge in [0.1, 0.15) is 24.6 Å². The fraction of sp³-hybridized carbons (Fsp3) is 0.364. The van der Waals surface area contributed by atoms with Crippen LogP contribution in [0.1, 0.15) is 24.6 Å². The van der Waals surface area contributed by atoms with Crippen molar-refractivity contribution in [1.82, 2.24) is 24.6 Å². The van der Waals surface area contributed by atoms with E-state index in [1.165, 1.54) is 17.2 Å². The van der Waals surface area contributed by atoms with Crippen molar-refractivity contribution in [1.29, 1.82) is 0 Å². The summed E-state index contributed by atoms with van der Waals surface area (Å²) in [7, 11) is 0. The number of hydrogen-bond acceptors (Lipinski definition) is 12. The second-order valence-electron chi connectivity index (χ2n) is 8.32. The summed E-state index contributed by atoms with van der Waals surface area (Å²) in [4.78, 5) is 52.9. The zero-order chi connectivity index (χ0) is 25.4. The number of anilines is 2. The average molecular weight is 498 g/mol. The Hall–Kier alpha value is -3.98. The number of imidazole rings is 1. The Morgan fingerprint density at radius 1 is 1.08 bits per heavy atom. The molecule has 2 fully saturated rings. The minimum absolute atomic E-state index is 0.0282. The van der Waals surface area contributed by atoms with Gasteiger partial charge >= 0.3 is 5.97 Å². The largest absolute Gasteiger partial charge is 0.394 e. The van der Waals surface area contributed by atoms with Crippen LogP contribution in [0.5, 0.6) is 0 Å². The van der Waals surface area contributed by atoms with Crippen molar-refractivity contribution < 1.29 is 39.3 Å². The molecular weight excluding hydrogens is 476 g/mol. The van der Waals surface area contributed by atoms with E-state index in [2.05, 4.69) is 20.3 Å². The number of benzene rings is 1. The maximum atomic E-state index is 12.1. The van der Waals surface area contributed by atoms with Crippen LogP contribution in [0.25, 0.3) is 11.2 Å². The Morgan fingerprint density at radius 2 is 1.81 bits per heavy atom. The number of imide groups is 1. The van der Waals surface area contributed by atoms with Crippen LogP contribution in [0, 0.1) is 0 Å². The van der Waals surface area contributed by atoms with E-state index < -0.39 is 48.9 Å². The molecule has 2 aromatic heterocycles. The highest BCUT2D eigenvalue weighted by molar-refractivity contribution is 6.01.